The highest BCUT2D eigenvalue weighted by atomic mass is 32.2. The van der Waals surface area contributed by atoms with Crippen LogP contribution in [0.2, 0.25) is 0 Å². The summed E-state index contributed by atoms with van der Waals surface area (Å²) in [6, 6.07) is 11.9. The van der Waals surface area contributed by atoms with Crippen molar-refractivity contribution in [3.05, 3.63) is 58.5 Å². The predicted octanol–water partition coefficient (Wildman–Crippen LogP) is 3.02. The number of thioether (sulfide) groups is 1. The van der Waals surface area contributed by atoms with Crippen molar-refractivity contribution in [2.45, 2.75) is 12.5 Å². The van der Waals surface area contributed by atoms with E-state index in [-0.39, 0.29) is 5.91 Å². The molecule has 1 fully saturated rings. The number of methoxy groups -OCH3 is 2. The fourth-order valence-corrected chi connectivity index (χ4v) is 3.78. The van der Waals surface area contributed by atoms with Crippen LogP contribution in [0.3, 0.4) is 0 Å². The molecule has 0 unspecified atom stereocenters. The highest BCUT2D eigenvalue weighted by Crippen LogP contribution is 2.34. The van der Waals surface area contributed by atoms with Gasteiger partial charge in [0.15, 0.2) is 11.5 Å². The third kappa shape index (κ3) is 5.38. The molecule has 9 heteroatoms. The Labute approximate surface area is 183 Å². The van der Waals surface area contributed by atoms with Crippen molar-refractivity contribution in [3.8, 4) is 17.2 Å². The first-order valence-corrected chi connectivity index (χ1v) is 10.1. The SMILES string of the molecule is COC(=O)[C@@H](N)Cc1ccc(Oc2ccc(/C=C3\SC(=S)NC3=O)cc2OC)cc1. The van der Waals surface area contributed by atoms with E-state index in [9.17, 15) is 9.59 Å². The van der Waals surface area contributed by atoms with Crippen LogP contribution in [-0.2, 0) is 20.7 Å². The number of nitrogens with one attached hydrogen (secondary N) is 1. The molecule has 0 bridgehead atoms. The van der Waals surface area contributed by atoms with Gasteiger partial charge < -0.3 is 25.3 Å². The van der Waals surface area contributed by atoms with E-state index < -0.39 is 12.0 Å². The molecule has 0 spiro atoms. The van der Waals surface area contributed by atoms with Gasteiger partial charge in [-0.2, -0.15) is 0 Å². The molecule has 7 nitrogen and oxygen atoms in total. The van der Waals surface area contributed by atoms with Gasteiger partial charge in [0.25, 0.3) is 5.91 Å². The van der Waals surface area contributed by atoms with Crippen LogP contribution in [-0.4, -0.2) is 36.5 Å². The molecule has 1 aliphatic heterocycles. The third-order valence-electron chi connectivity index (χ3n) is 4.24. The first-order chi connectivity index (χ1) is 14.4. The minimum absolute atomic E-state index is 0.212. The van der Waals surface area contributed by atoms with Crippen LogP contribution in [0.15, 0.2) is 47.4 Å². The quantitative estimate of drug-likeness (QED) is 0.382. The third-order valence-corrected chi connectivity index (χ3v) is 5.40. The summed E-state index contributed by atoms with van der Waals surface area (Å²) in [5.41, 5.74) is 7.46. The molecule has 3 N–H and O–H groups in total. The Hall–Kier alpha value is -2.88. The molecule has 1 aliphatic rings. The largest absolute Gasteiger partial charge is 0.493 e. The topological polar surface area (TPSA) is 99.9 Å². The fourth-order valence-electron chi connectivity index (χ4n) is 2.74. The first kappa shape index (κ1) is 21.8. The Balaban J connectivity index is 1.72. The van der Waals surface area contributed by atoms with E-state index in [2.05, 4.69) is 10.1 Å². The summed E-state index contributed by atoms with van der Waals surface area (Å²) in [5, 5.41) is 2.58. The summed E-state index contributed by atoms with van der Waals surface area (Å²) in [4.78, 5) is 23.8. The number of hydrogen-bond acceptors (Lipinski definition) is 8. The maximum atomic E-state index is 11.8. The molecular formula is C21H20N2O5S2. The second-order valence-electron chi connectivity index (χ2n) is 6.34. The lowest BCUT2D eigenvalue weighted by molar-refractivity contribution is -0.142. The lowest BCUT2D eigenvalue weighted by atomic mass is 10.1. The van der Waals surface area contributed by atoms with Crippen LogP contribution in [0.1, 0.15) is 11.1 Å². The maximum absolute atomic E-state index is 11.8. The van der Waals surface area contributed by atoms with Crippen LogP contribution in [0.25, 0.3) is 6.08 Å². The Morgan fingerprint density at radius 3 is 2.53 bits per heavy atom. The Morgan fingerprint density at radius 2 is 1.93 bits per heavy atom. The van der Waals surface area contributed by atoms with E-state index in [1.807, 2.05) is 18.2 Å². The Kier molecular flexibility index (Phi) is 7.09. The summed E-state index contributed by atoms with van der Waals surface area (Å²) in [6.07, 6.45) is 2.11. The maximum Gasteiger partial charge on any atom is 0.322 e. The molecule has 1 saturated heterocycles. The zero-order chi connectivity index (χ0) is 21.7. The number of benzene rings is 2. The van der Waals surface area contributed by atoms with Crippen LogP contribution in [0.5, 0.6) is 17.2 Å². The van der Waals surface area contributed by atoms with Gasteiger partial charge in [0.05, 0.1) is 19.1 Å². The van der Waals surface area contributed by atoms with Gasteiger partial charge in [-0.25, -0.2) is 0 Å². The standard InChI is InChI=1S/C21H20N2O5S2/c1-26-17-10-13(11-18-19(24)23-21(29)30-18)5-8-16(17)28-14-6-3-12(4-7-14)9-15(22)20(25)27-2/h3-8,10-11,15H,9,22H2,1-2H3,(H,23,24,29)/b18-11-/t15-/m0/s1. The van der Waals surface area contributed by atoms with Crippen molar-refractivity contribution in [3.63, 3.8) is 0 Å². The average Bonchev–Trinajstić information content (AvgIpc) is 3.06. The smallest absolute Gasteiger partial charge is 0.322 e. The zero-order valence-electron chi connectivity index (χ0n) is 16.3. The summed E-state index contributed by atoms with van der Waals surface area (Å²) < 4.78 is 16.4. The minimum atomic E-state index is -0.710. The molecule has 3 rings (SSSR count). The summed E-state index contributed by atoms with van der Waals surface area (Å²) in [6.45, 7) is 0. The number of carbonyl (C=O) groups is 2. The number of amides is 1. The van der Waals surface area contributed by atoms with E-state index in [0.717, 1.165) is 11.1 Å². The lowest BCUT2D eigenvalue weighted by Gasteiger charge is -2.12. The molecule has 2 aromatic carbocycles. The van der Waals surface area contributed by atoms with Gasteiger partial charge in [0, 0.05) is 0 Å². The van der Waals surface area contributed by atoms with E-state index in [0.29, 0.717) is 32.9 Å². The molecule has 1 amide bonds. The highest BCUT2D eigenvalue weighted by Gasteiger charge is 2.22. The minimum Gasteiger partial charge on any atom is -0.493 e. The normalized spacial score (nSPS) is 15.6. The molecule has 0 saturated carbocycles. The van der Waals surface area contributed by atoms with Crippen molar-refractivity contribution in [2.75, 3.05) is 14.2 Å². The number of rotatable bonds is 7. The first-order valence-electron chi connectivity index (χ1n) is 8.92. The molecule has 1 atom stereocenters. The molecule has 0 aliphatic carbocycles. The van der Waals surface area contributed by atoms with Gasteiger partial charge in [-0.15, -0.1) is 0 Å². The molecule has 0 radical (unpaired) electrons. The zero-order valence-corrected chi connectivity index (χ0v) is 18.0. The average molecular weight is 445 g/mol. The van der Waals surface area contributed by atoms with Crippen molar-refractivity contribution < 1.29 is 23.8 Å². The molecule has 2 aromatic rings. The highest BCUT2D eigenvalue weighted by molar-refractivity contribution is 8.26. The van der Waals surface area contributed by atoms with E-state index in [4.69, 9.17) is 27.4 Å². The molecule has 1 heterocycles. The van der Waals surface area contributed by atoms with Crippen molar-refractivity contribution >= 4 is 46.3 Å². The Bertz CT molecular complexity index is 1000. The molecule has 30 heavy (non-hydrogen) atoms. The molecule has 0 aromatic heterocycles. The van der Waals surface area contributed by atoms with Gasteiger partial charge in [-0.05, 0) is 47.9 Å². The van der Waals surface area contributed by atoms with Crippen LogP contribution >= 0.6 is 24.0 Å². The molecular weight excluding hydrogens is 424 g/mol. The number of hydrogen-bond donors (Lipinski definition) is 2. The van der Waals surface area contributed by atoms with Crippen LogP contribution in [0, 0.1) is 0 Å². The summed E-state index contributed by atoms with van der Waals surface area (Å²) in [5.74, 6) is 0.984. The number of carbonyl (C=O) groups excluding carboxylic acids is 2. The van der Waals surface area contributed by atoms with Gasteiger partial charge in [-0.3, -0.25) is 9.59 Å². The van der Waals surface area contributed by atoms with Crippen molar-refractivity contribution in [1.29, 1.82) is 0 Å². The Morgan fingerprint density at radius 1 is 1.20 bits per heavy atom. The number of ether oxygens (including phenoxy) is 3. The monoisotopic (exact) mass is 444 g/mol. The van der Waals surface area contributed by atoms with E-state index in [1.165, 1.54) is 18.9 Å². The predicted molar refractivity (Wildman–Crippen MR) is 120 cm³/mol. The number of esters is 1. The van der Waals surface area contributed by atoms with Gasteiger partial charge >= 0.3 is 5.97 Å². The van der Waals surface area contributed by atoms with Gasteiger partial charge in [-0.1, -0.05) is 42.2 Å². The fraction of sp³-hybridized carbons (Fsp3) is 0.190. The number of nitrogens with two attached hydrogens (primary N) is 1. The van der Waals surface area contributed by atoms with Crippen molar-refractivity contribution in [1.82, 2.24) is 5.32 Å². The lowest BCUT2D eigenvalue weighted by Crippen LogP contribution is -2.33. The van der Waals surface area contributed by atoms with Gasteiger partial charge in [0.1, 0.15) is 16.1 Å². The van der Waals surface area contributed by atoms with Crippen LogP contribution < -0.4 is 20.5 Å². The second kappa shape index (κ2) is 9.75. The van der Waals surface area contributed by atoms with E-state index >= 15 is 0 Å². The van der Waals surface area contributed by atoms with Crippen molar-refractivity contribution in [2.24, 2.45) is 5.73 Å². The van der Waals surface area contributed by atoms with Crippen LogP contribution in [0.4, 0.5) is 0 Å². The molecule has 156 valence electrons. The van der Waals surface area contributed by atoms with Gasteiger partial charge in [0.2, 0.25) is 0 Å². The summed E-state index contributed by atoms with van der Waals surface area (Å²) >= 11 is 6.22. The number of thiocarbonyl (C=S) groups is 1. The second-order valence-corrected chi connectivity index (χ2v) is 8.06. The summed E-state index contributed by atoms with van der Waals surface area (Å²) in [7, 11) is 2.85. The van der Waals surface area contributed by atoms with E-state index in [1.54, 1.807) is 37.5 Å².